The average molecular weight is 261 g/mol. The molecule has 3 N–H and O–H groups in total. The molecule has 2 heterocycles. The molecule has 0 saturated heterocycles. The van der Waals surface area contributed by atoms with Crippen molar-refractivity contribution in [2.45, 2.75) is 26.8 Å². The van der Waals surface area contributed by atoms with Crippen LogP contribution in [0, 0.1) is 12.8 Å². The van der Waals surface area contributed by atoms with Gasteiger partial charge in [0.25, 0.3) is 0 Å². The van der Waals surface area contributed by atoms with E-state index in [0.717, 1.165) is 11.5 Å². The minimum atomic E-state index is 0.251. The van der Waals surface area contributed by atoms with E-state index in [2.05, 4.69) is 41.7 Å². The van der Waals surface area contributed by atoms with Gasteiger partial charge in [0.2, 0.25) is 0 Å². The minimum Gasteiger partial charge on any atom is -0.396 e. The van der Waals surface area contributed by atoms with Gasteiger partial charge in [-0.25, -0.2) is 4.98 Å². The number of anilines is 2. The van der Waals surface area contributed by atoms with Crippen LogP contribution in [0.5, 0.6) is 0 Å². The summed E-state index contributed by atoms with van der Waals surface area (Å²) < 4.78 is 0. The standard InChI is InChI=1S/C14H19N3S/c1-9(2)13(12-5-4-8-18-12)17-14-11(15)7-6-10(3)16-14/h4-9,13H,15H2,1-3H3,(H,16,17). The Labute approximate surface area is 112 Å². The predicted molar refractivity (Wildman–Crippen MR) is 78.9 cm³/mol. The molecule has 0 aliphatic heterocycles. The summed E-state index contributed by atoms with van der Waals surface area (Å²) in [5, 5.41) is 5.56. The molecule has 0 saturated carbocycles. The maximum Gasteiger partial charge on any atom is 0.149 e. The van der Waals surface area contributed by atoms with Crippen molar-refractivity contribution in [2.75, 3.05) is 11.1 Å². The van der Waals surface area contributed by atoms with E-state index < -0.39 is 0 Å². The molecule has 2 rings (SSSR count). The molecule has 0 aliphatic carbocycles. The molecular weight excluding hydrogens is 242 g/mol. The third kappa shape index (κ3) is 2.82. The fourth-order valence-corrected chi connectivity index (χ4v) is 2.81. The van der Waals surface area contributed by atoms with Crippen molar-refractivity contribution < 1.29 is 0 Å². The summed E-state index contributed by atoms with van der Waals surface area (Å²) in [5.74, 6) is 1.26. The molecule has 2 aromatic rings. The van der Waals surface area contributed by atoms with Gasteiger partial charge in [-0.3, -0.25) is 0 Å². The first-order chi connectivity index (χ1) is 8.58. The lowest BCUT2D eigenvalue weighted by Gasteiger charge is -2.22. The number of nitrogen functional groups attached to an aromatic ring is 1. The molecule has 0 spiro atoms. The normalized spacial score (nSPS) is 12.7. The summed E-state index contributed by atoms with van der Waals surface area (Å²) in [5.41, 5.74) is 7.64. The monoisotopic (exact) mass is 261 g/mol. The first-order valence-corrected chi connectivity index (χ1v) is 6.99. The molecule has 0 amide bonds. The van der Waals surface area contributed by atoms with Gasteiger partial charge in [-0.2, -0.15) is 0 Å². The molecule has 4 heteroatoms. The number of pyridine rings is 1. The lowest BCUT2D eigenvalue weighted by Crippen LogP contribution is -2.17. The van der Waals surface area contributed by atoms with Gasteiger partial charge in [-0.15, -0.1) is 11.3 Å². The molecule has 2 aromatic heterocycles. The quantitative estimate of drug-likeness (QED) is 0.879. The van der Waals surface area contributed by atoms with Gasteiger partial charge in [0.05, 0.1) is 11.7 Å². The van der Waals surface area contributed by atoms with Crippen LogP contribution in [0.1, 0.15) is 30.5 Å². The topological polar surface area (TPSA) is 50.9 Å². The zero-order valence-electron chi connectivity index (χ0n) is 11.0. The van der Waals surface area contributed by atoms with E-state index in [9.17, 15) is 0 Å². The number of aryl methyl sites for hydroxylation is 1. The van der Waals surface area contributed by atoms with Crippen LogP contribution in [0.15, 0.2) is 29.6 Å². The fourth-order valence-electron chi connectivity index (χ4n) is 1.86. The van der Waals surface area contributed by atoms with Crippen molar-refractivity contribution in [3.8, 4) is 0 Å². The molecule has 0 radical (unpaired) electrons. The maximum absolute atomic E-state index is 5.97. The van der Waals surface area contributed by atoms with Crippen molar-refractivity contribution in [3.63, 3.8) is 0 Å². The third-order valence-corrected chi connectivity index (χ3v) is 3.83. The van der Waals surface area contributed by atoms with Crippen LogP contribution in [0.3, 0.4) is 0 Å². The van der Waals surface area contributed by atoms with Crippen LogP contribution in [0.4, 0.5) is 11.5 Å². The van der Waals surface area contributed by atoms with Crippen molar-refractivity contribution in [1.82, 2.24) is 4.98 Å². The van der Waals surface area contributed by atoms with Gasteiger partial charge in [-0.1, -0.05) is 19.9 Å². The Morgan fingerprint density at radius 1 is 1.28 bits per heavy atom. The summed E-state index contributed by atoms with van der Waals surface area (Å²) in [6.45, 7) is 6.37. The lowest BCUT2D eigenvalue weighted by atomic mass is 10.0. The van der Waals surface area contributed by atoms with Crippen LogP contribution in [0.25, 0.3) is 0 Å². The summed E-state index contributed by atoms with van der Waals surface area (Å²) >= 11 is 1.76. The van der Waals surface area contributed by atoms with Gasteiger partial charge in [0.15, 0.2) is 0 Å². The van der Waals surface area contributed by atoms with E-state index in [0.29, 0.717) is 11.6 Å². The number of aromatic nitrogens is 1. The SMILES string of the molecule is Cc1ccc(N)c(NC(c2cccs2)C(C)C)n1. The number of thiophene rings is 1. The largest absolute Gasteiger partial charge is 0.396 e. The fraction of sp³-hybridized carbons (Fsp3) is 0.357. The average Bonchev–Trinajstić information content (AvgIpc) is 2.83. The molecule has 0 aliphatic rings. The van der Waals surface area contributed by atoms with E-state index in [-0.39, 0.29) is 6.04 Å². The Kier molecular flexibility index (Phi) is 3.87. The molecule has 0 bridgehead atoms. The van der Waals surface area contributed by atoms with Gasteiger partial charge in [-0.05, 0) is 36.4 Å². The Morgan fingerprint density at radius 3 is 2.67 bits per heavy atom. The Hall–Kier alpha value is -1.55. The molecule has 3 nitrogen and oxygen atoms in total. The zero-order chi connectivity index (χ0) is 13.1. The van der Waals surface area contributed by atoms with Crippen LogP contribution >= 0.6 is 11.3 Å². The molecule has 18 heavy (non-hydrogen) atoms. The number of hydrogen-bond acceptors (Lipinski definition) is 4. The zero-order valence-corrected chi connectivity index (χ0v) is 11.8. The molecule has 0 aromatic carbocycles. The molecule has 0 fully saturated rings. The van der Waals surface area contributed by atoms with Crippen molar-refractivity contribution in [2.24, 2.45) is 5.92 Å². The highest BCUT2D eigenvalue weighted by Gasteiger charge is 2.18. The number of nitrogens with two attached hydrogens (primary N) is 1. The van der Waals surface area contributed by atoms with Crippen molar-refractivity contribution in [3.05, 3.63) is 40.2 Å². The minimum absolute atomic E-state index is 0.251. The van der Waals surface area contributed by atoms with Gasteiger partial charge < -0.3 is 11.1 Å². The second-order valence-electron chi connectivity index (χ2n) is 4.77. The number of nitrogens with zero attached hydrogens (tertiary/aromatic N) is 1. The predicted octanol–water partition coefficient (Wildman–Crippen LogP) is 3.84. The number of nitrogens with one attached hydrogen (secondary N) is 1. The van der Waals surface area contributed by atoms with Crippen molar-refractivity contribution in [1.29, 1.82) is 0 Å². The summed E-state index contributed by atoms with van der Waals surface area (Å²) in [4.78, 5) is 5.79. The highest BCUT2D eigenvalue weighted by Crippen LogP contribution is 2.30. The third-order valence-electron chi connectivity index (χ3n) is 2.87. The lowest BCUT2D eigenvalue weighted by molar-refractivity contribution is 0.552. The van der Waals surface area contributed by atoms with Gasteiger partial charge in [0.1, 0.15) is 5.82 Å². The molecule has 1 atom stereocenters. The van der Waals surface area contributed by atoms with E-state index in [1.807, 2.05) is 19.1 Å². The smallest absolute Gasteiger partial charge is 0.149 e. The highest BCUT2D eigenvalue weighted by molar-refractivity contribution is 7.10. The Balaban J connectivity index is 2.27. The highest BCUT2D eigenvalue weighted by atomic mass is 32.1. The number of rotatable bonds is 4. The first-order valence-electron chi connectivity index (χ1n) is 6.11. The van der Waals surface area contributed by atoms with Crippen LogP contribution in [-0.4, -0.2) is 4.98 Å². The second-order valence-corrected chi connectivity index (χ2v) is 5.75. The molecule has 1 unspecified atom stereocenters. The van der Waals surface area contributed by atoms with Gasteiger partial charge in [0, 0.05) is 10.6 Å². The van der Waals surface area contributed by atoms with Crippen LogP contribution in [-0.2, 0) is 0 Å². The van der Waals surface area contributed by atoms with E-state index >= 15 is 0 Å². The molecular formula is C14H19N3S. The Bertz CT molecular complexity index is 506. The van der Waals surface area contributed by atoms with E-state index in [1.165, 1.54) is 4.88 Å². The number of hydrogen-bond donors (Lipinski definition) is 2. The van der Waals surface area contributed by atoms with Crippen LogP contribution < -0.4 is 11.1 Å². The maximum atomic E-state index is 5.97. The Morgan fingerprint density at radius 2 is 2.06 bits per heavy atom. The van der Waals surface area contributed by atoms with E-state index in [4.69, 9.17) is 5.73 Å². The second kappa shape index (κ2) is 5.40. The first kappa shape index (κ1) is 12.9. The van der Waals surface area contributed by atoms with Gasteiger partial charge >= 0.3 is 0 Å². The summed E-state index contributed by atoms with van der Waals surface area (Å²) in [6.07, 6.45) is 0. The van der Waals surface area contributed by atoms with Crippen LogP contribution in [0.2, 0.25) is 0 Å². The molecule has 96 valence electrons. The van der Waals surface area contributed by atoms with Crippen molar-refractivity contribution >= 4 is 22.8 Å². The summed E-state index contributed by atoms with van der Waals surface area (Å²) in [6, 6.07) is 8.30. The van der Waals surface area contributed by atoms with E-state index in [1.54, 1.807) is 11.3 Å². The summed E-state index contributed by atoms with van der Waals surface area (Å²) in [7, 11) is 0.